The molecule has 0 saturated carbocycles. The van der Waals surface area contributed by atoms with Crippen LogP contribution in [0.4, 0.5) is 5.69 Å². The molecule has 2 amide bonds. The van der Waals surface area contributed by atoms with Crippen LogP contribution < -0.4 is 10.9 Å². The van der Waals surface area contributed by atoms with Crippen LogP contribution in [0.25, 0.3) is 0 Å². The highest BCUT2D eigenvalue weighted by Crippen LogP contribution is 2.19. The van der Waals surface area contributed by atoms with Crippen molar-refractivity contribution in [1.82, 2.24) is 19.4 Å². The first-order valence-corrected chi connectivity index (χ1v) is 11.4. The molecule has 0 aliphatic carbocycles. The van der Waals surface area contributed by atoms with Crippen LogP contribution in [0.3, 0.4) is 0 Å². The third kappa shape index (κ3) is 6.18. The molecule has 0 unspecified atom stereocenters. The number of thioether (sulfide) groups is 1. The summed E-state index contributed by atoms with van der Waals surface area (Å²) >= 11 is 1.29. The van der Waals surface area contributed by atoms with Crippen LogP contribution in [0.2, 0.25) is 0 Å². The molecule has 0 atom stereocenters. The number of benzene rings is 1. The largest absolute Gasteiger partial charge is 0.339 e. The Balaban J connectivity index is 1.46. The fraction of sp³-hybridized carbons (Fsp3) is 0.455. The Kier molecular flexibility index (Phi) is 7.86. The van der Waals surface area contributed by atoms with Gasteiger partial charge in [0.1, 0.15) is 0 Å². The van der Waals surface area contributed by atoms with E-state index in [1.807, 2.05) is 48.4 Å². The SMILES string of the molecule is CCn1ccc(=O)nc1SCC(=O)N1CCN(CC(=O)Nc2c(C)cccc2C)CC1. The quantitative estimate of drug-likeness (QED) is 0.518. The van der Waals surface area contributed by atoms with Gasteiger partial charge in [0.25, 0.3) is 5.56 Å². The van der Waals surface area contributed by atoms with Gasteiger partial charge >= 0.3 is 0 Å². The molecule has 1 saturated heterocycles. The minimum Gasteiger partial charge on any atom is -0.339 e. The lowest BCUT2D eigenvalue weighted by molar-refractivity contribution is -0.130. The van der Waals surface area contributed by atoms with Crippen molar-refractivity contribution in [3.63, 3.8) is 0 Å². The van der Waals surface area contributed by atoms with Gasteiger partial charge in [-0.05, 0) is 31.9 Å². The fourth-order valence-corrected chi connectivity index (χ4v) is 4.48. The molecule has 0 radical (unpaired) electrons. The van der Waals surface area contributed by atoms with Crippen LogP contribution in [0.5, 0.6) is 0 Å². The zero-order valence-electron chi connectivity index (χ0n) is 18.3. The molecule has 1 N–H and O–H groups in total. The maximum absolute atomic E-state index is 12.6. The summed E-state index contributed by atoms with van der Waals surface area (Å²) in [5.41, 5.74) is 2.66. The third-order valence-corrected chi connectivity index (χ3v) is 6.33. The van der Waals surface area contributed by atoms with Crippen molar-refractivity contribution in [2.45, 2.75) is 32.5 Å². The van der Waals surface area contributed by atoms with E-state index in [-0.39, 0.29) is 23.1 Å². The number of nitrogens with zero attached hydrogens (tertiary/aromatic N) is 4. The molecule has 8 nitrogen and oxygen atoms in total. The number of nitrogens with one attached hydrogen (secondary N) is 1. The average Bonchev–Trinajstić information content (AvgIpc) is 2.75. The zero-order chi connectivity index (χ0) is 22.4. The number of hydrogen-bond acceptors (Lipinski definition) is 6. The molecule has 3 rings (SSSR count). The topological polar surface area (TPSA) is 87.5 Å². The van der Waals surface area contributed by atoms with Gasteiger partial charge in [0.15, 0.2) is 5.16 Å². The number of amides is 2. The van der Waals surface area contributed by atoms with Crippen LogP contribution in [-0.2, 0) is 16.1 Å². The molecule has 9 heteroatoms. The number of piperazine rings is 1. The molecule has 166 valence electrons. The van der Waals surface area contributed by atoms with E-state index in [1.54, 1.807) is 6.20 Å². The summed E-state index contributed by atoms with van der Waals surface area (Å²) in [5, 5.41) is 3.57. The van der Waals surface area contributed by atoms with E-state index in [2.05, 4.69) is 15.2 Å². The summed E-state index contributed by atoms with van der Waals surface area (Å²) in [7, 11) is 0. The summed E-state index contributed by atoms with van der Waals surface area (Å²) in [6.07, 6.45) is 1.70. The molecule has 1 aromatic carbocycles. The second-order valence-electron chi connectivity index (χ2n) is 7.59. The summed E-state index contributed by atoms with van der Waals surface area (Å²) in [4.78, 5) is 44.5. The summed E-state index contributed by atoms with van der Waals surface area (Å²) in [6.45, 7) is 9.39. The first-order valence-electron chi connectivity index (χ1n) is 10.4. The molecule has 0 bridgehead atoms. The minimum absolute atomic E-state index is 0.0189. The second-order valence-corrected chi connectivity index (χ2v) is 8.54. The second kappa shape index (κ2) is 10.6. The number of hydrogen-bond donors (Lipinski definition) is 1. The number of anilines is 1. The third-order valence-electron chi connectivity index (χ3n) is 5.35. The van der Waals surface area contributed by atoms with Crippen molar-refractivity contribution in [1.29, 1.82) is 0 Å². The molecule has 1 aliphatic rings. The lowest BCUT2D eigenvalue weighted by atomic mass is 10.1. The van der Waals surface area contributed by atoms with Crippen LogP contribution >= 0.6 is 11.8 Å². The zero-order valence-corrected chi connectivity index (χ0v) is 19.1. The monoisotopic (exact) mass is 443 g/mol. The molecular weight excluding hydrogens is 414 g/mol. The van der Waals surface area contributed by atoms with Crippen molar-refractivity contribution < 1.29 is 9.59 Å². The minimum atomic E-state index is -0.299. The molecule has 1 aromatic heterocycles. The molecule has 2 heterocycles. The smallest absolute Gasteiger partial charge is 0.273 e. The fourth-order valence-electron chi connectivity index (χ4n) is 3.54. The maximum Gasteiger partial charge on any atom is 0.273 e. The summed E-state index contributed by atoms with van der Waals surface area (Å²) < 4.78 is 1.85. The molecule has 31 heavy (non-hydrogen) atoms. The van der Waals surface area contributed by atoms with Crippen LogP contribution in [0.1, 0.15) is 18.1 Å². The number of para-hydroxylation sites is 1. The number of aromatic nitrogens is 2. The predicted molar refractivity (Wildman–Crippen MR) is 122 cm³/mol. The predicted octanol–water partition coefficient (Wildman–Crippen LogP) is 1.76. The van der Waals surface area contributed by atoms with Crippen molar-refractivity contribution in [2.75, 3.05) is 43.8 Å². The molecule has 1 fully saturated rings. The molecule has 0 spiro atoms. The van der Waals surface area contributed by atoms with E-state index in [0.29, 0.717) is 44.4 Å². The van der Waals surface area contributed by atoms with Crippen LogP contribution in [0, 0.1) is 13.8 Å². The van der Waals surface area contributed by atoms with Gasteiger partial charge in [0, 0.05) is 50.7 Å². The maximum atomic E-state index is 12.6. The van der Waals surface area contributed by atoms with E-state index in [0.717, 1.165) is 16.8 Å². The molecule has 1 aliphatic heterocycles. The van der Waals surface area contributed by atoms with Gasteiger partial charge < -0.3 is 14.8 Å². The van der Waals surface area contributed by atoms with E-state index in [4.69, 9.17) is 0 Å². The summed E-state index contributed by atoms with van der Waals surface area (Å²) in [6, 6.07) is 7.36. The normalized spacial score (nSPS) is 14.5. The van der Waals surface area contributed by atoms with Gasteiger partial charge in [-0.25, -0.2) is 0 Å². The van der Waals surface area contributed by atoms with Crippen LogP contribution in [-0.4, -0.2) is 69.6 Å². The van der Waals surface area contributed by atoms with E-state index in [1.165, 1.54) is 17.8 Å². The Morgan fingerprint density at radius 2 is 1.77 bits per heavy atom. The Morgan fingerprint density at radius 1 is 1.10 bits per heavy atom. The Labute approximate surface area is 186 Å². The van der Waals surface area contributed by atoms with Gasteiger partial charge in [-0.1, -0.05) is 30.0 Å². The Bertz CT molecular complexity index is 979. The van der Waals surface area contributed by atoms with Crippen molar-refractivity contribution in [2.24, 2.45) is 0 Å². The van der Waals surface area contributed by atoms with E-state index < -0.39 is 0 Å². The number of rotatable bonds is 7. The van der Waals surface area contributed by atoms with E-state index >= 15 is 0 Å². The Hall–Kier alpha value is -2.65. The number of carbonyl (C=O) groups is 2. The van der Waals surface area contributed by atoms with Crippen molar-refractivity contribution >= 4 is 29.3 Å². The molecular formula is C22H29N5O3S. The van der Waals surface area contributed by atoms with Gasteiger partial charge in [0.2, 0.25) is 11.8 Å². The van der Waals surface area contributed by atoms with Crippen molar-refractivity contribution in [3.8, 4) is 0 Å². The van der Waals surface area contributed by atoms with Gasteiger partial charge in [-0.15, -0.1) is 0 Å². The standard InChI is InChI=1S/C22H29N5O3S/c1-4-26-9-8-18(28)24-22(26)31-15-20(30)27-12-10-25(11-13-27)14-19(29)23-21-16(2)6-5-7-17(21)3/h5-9H,4,10-15H2,1-3H3,(H,23,29). The van der Waals surface area contributed by atoms with Crippen LogP contribution in [0.15, 0.2) is 40.4 Å². The highest BCUT2D eigenvalue weighted by atomic mass is 32.2. The first-order chi connectivity index (χ1) is 14.9. The highest BCUT2D eigenvalue weighted by molar-refractivity contribution is 7.99. The average molecular weight is 444 g/mol. The lowest BCUT2D eigenvalue weighted by Crippen LogP contribution is -2.51. The first kappa shape index (κ1) is 23.0. The van der Waals surface area contributed by atoms with Gasteiger partial charge in [0.05, 0.1) is 12.3 Å². The number of carbonyl (C=O) groups excluding carboxylic acids is 2. The highest BCUT2D eigenvalue weighted by Gasteiger charge is 2.23. The van der Waals surface area contributed by atoms with E-state index in [9.17, 15) is 14.4 Å². The van der Waals surface area contributed by atoms with Gasteiger partial charge in [-0.3, -0.25) is 19.3 Å². The Morgan fingerprint density at radius 3 is 2.42 bits per heavy atom. The lowest BCUT2D eigenvalue weighted by Gasteiger charge is -2.34. The van der Waals surface area contributed by atoms with Crippen molar-refractivity contribution in [3.05, 3.63) is 51.9 Å². The number of aryl methyl sites for hydroxylation is 3. The van der Waals surface area contributed by atoms with Gasteiger partial charge in [-0.2, -0.15) is 4.98 Å². The molecule has 2 aromatic rings. The summed E-state index contributed by atoms with van der Waals surface area (Å²) in [5.74, 6) is 0.217.